The van der Waals surface area contributed by atoms with Crippen LogP contribution >= 0.6 is 22.6 Å². The van der Waals surface area contributed by atoms with Gasteiger partial charge in [0.1, 0.15) is 0 Å². The molecule has 0 radical (unpaired) electrons. The number of carbonyl (C=O) groups is 1. The van der Waals surface area contributed by atoms with Crippen LogP contribution in [0.4, 0.5) is 0 Å². The fraction of sp³-hybridized carbons (Fsp3) is 0.400. The van der Waals surface area contributed by atoms with Gasteiger partial charge in [-0.2, -0.15) is 10.2 Å². The lowest BCUT2D eigenvalue weighted by molar-refractivity contribution is -0.137. The van der Waals surface area contributed by atoms with Crippen molar-refractivity contribution >= 4 is 28.6 Å². The number of allylic oxidation sites excluding steroid dienone is 1. The van der Waals surface area contributed by atoms with E-state index in [0.29, 0.717) is 9.28 Å². The minimum atomic E-state index is -0.940. The lowest BCUT2D eigenvalue weighted by atomic mass is 10.3. The molecule has 0 bridgehead atoms. The molecule has 0 unspecified atom stereocenters. The summed E-state index contributed by atoms with van der Waals surface area (Å²) in [4.78, 5) is 10.4. The molecule has 10 heavy (non-hydrogen) atoms. The van der Waals surface area contributed by atoms with Gasteiger partial charge in [-0.3, -0.25) is 0 Å². The third kappa shape index (κ3) is 1.18. The van der Waals surface area contributed by atoms with Crippen molar-refractivity contribution in [1.29, 1.82) is 0 Å². The number of hydrogen-bond acceptors (Lipinski definition) is 3. The Hall–Kier alpha value is -0.460. The molecule has 0 aliphatic carbocycles. The predicted molar refractivity (Wildman–Crippen MR) is 43.0 cm³/mol. The van der Waals surface area contributed by atoms with Crippen LogP contribution in [-0.4, -0.2) is 17.1 Å². The monoisotopic (exact) mass is 252 g/mol. The summed E-state index contributed by atoms with van der Waals surface area (Å²) in [6.07, 6.45) is 0. The van der Waals surface area contributed by atoms with E-state index >= 15 is 0 Å². The van der Waals surface area contributed by atoms with Gasteiger partial charge in [0.15, 0.2) is 0 Å². The number of rotatable bonds is 1. The highest BCUT2D eigenvalue weighted by atomic mass is 127. The molecule has 0 amide bonds. The number of nitrogens with zero attached hydrogens (tertiary/aromatic N) is 2. The molecule has 1 heterocycles. The van der Waals surface area contributed by atoms with Gasteiger partial charge in [-0.15, -0.1) is 0 Å². The molecule has 0 aromatic carbocycles. The first kappa shape index (κ1) is 7.64. The standard InChI is InChI=1S/C5H5IN2O2/c1-2-3(6)4(5(9)10)8-7-2/h4H,1H3,(H,9,10)/t4-/m0/s1. The van der Waals surface area contributed by atoms with Crippen LogP contribution in [0.1, 0.15) is 6.92 Å². The highest BCUT2D eigenvalue weighted by Gasteiger charge is 2.25. The fourth-order valence-electron chi connectivity index (χ4n) is 0.598. The van der Waals surface area contributed by atoms with E-state index in [1.165, 1.54) is 0 Å². The molecular formula is C5H5IN2O2. The molecule has 0 saturated heterocycles. The predicted octanol–water partition coefficient (Wildman–Crippen LogP) is 1.57. The Labute approximate surface area is 71.2 Å². The Bertz CT molecular complexity index is 234. The summed E-state index contributed by atoms with van der Waals surface area (Å²) in [7, 11) is 0. The first-order chi connectivity index (χ1) is 4.63. The van der Waals surface area contributed by atoms with Crippen molar-refractivity contribution in [1.82, 2.24) is 0 Å². The smallest absolute Gasteiger partial charge is 0.335 e. The average Bonchev–Trinajstić information content (AvgIpc) is 2.14. The average molecular weight is 252 g/mol. The van der Waals surface area contributed by atoms with Gasteiger partial charge < -0.3 is 5.11 Å². The van der Waals surface area contributed by atoms with Crippen molar-refractivity contribution in [2.45, 2.75) is 13.0 Å². The van der Waals surface area contributed by atoms with E-state index in [1.807, 2.05) is 22.6 Å². The van der Waals surface area contributed by atoms with E-state index in [9.17, 15) is 4.79 Å². The lowest BCUT2D eigenvalue weighted by Gasteiger charge is -1.96. The van der Waals surface area contributed by atoms with E-state index in [0.717, 1.165) is 0 Å². The third-order valence-electron chi connectivity index (χ3n) is 1.14. The van der Waals surface area contributed by atoms with E-state index in [4.69, 9.17) is 5.11 Å². The van der Waals surface area contributed by atoms with Crippen LogP contribution in [0.15, 0.2) is 19.5 Å². The summed E-state index contributed by atoms with van der Waals surface area (Å²) >= 11 is 1.95. The first-order valence-electron chi connectivity index (χ1n) is 2.63. The summed E-state index contributed by atoms with van der Waals surface area (Å²) in [6.45, 7) is 1.74. The Kier molecular flexibility index (Phi) is 2.02. The molecule has 1 aliphatic rings. The third-order valence-corrected chi connectivity index (χ3v) is 2.51. The molecule has 1 rings (SSSR count). The van der Waals surface area contributed by atoms with E-state index < -0.39 is 12.0 Å². The zero-order valence-corrected chi connectivity index (χ0v) is 7.36. The zero-order valence-electron chi connectivity index (χ0n) is 5.21. The molecule has 1 N–H and O–H groups in total. The Morgan fingerprint density at radius 2 is 2.40 bits per heavy atom. The summed E-state index contributed by atoms with van der Waals surface area (Å²) < 4.78 is 0.699. The summed E-state index contributed by atoms with van der Waals surface area (Å²) in [6, 6.07) is -0.749. The second-order valence-corrected chi connectivity index (χ2v) is 3.05. The fourth-order valence-corrected chi connectivity index (χ4v) is 1.10. The minimum absolute atomic E-state index is 0.699. The second-order valence-electron chi connectivity index (χ2n) is 1.89. The number of halogens is 1. The number of hydrogen-bond donors (Lipinski definition) is 1. The van der Waals surface area contributed by atoms with Gasteiger partial charge in [-0.25, -0.2) is 4.79 Å². The van der Waals surface area contributed by atoms with Crippen LogP contribution < -0.4 is 0 Å². The molecule has 0 fully saturated rings. The molecule has 54 valence electrons. The minimum Gasteiger partial charge on any atom is -0.479 e. The van der Waals surface area contributed by atoms with Crippen molar-refractivity contribution in [3.63, 3.8) is 0 Å². The van der Waals surface area contributed by atoms with Gasteiger partial charge in [0, 0.05) is 0 Å². The highest BCUT2D eigenvalue weighted by molar-refractivity contribution is 14.1. The molecule has 0 aromatic rings. The first-order valence-corrected chi connectivity index (χ1v) is 3.70. The molecule has 0 spiro atoms. The van der Waals surface area contributed by atoms with Gasteiger partial charge in [0.2, 0.25) is 6.04 Å². The van der Waals surface area contributed by atoms with Crippen LogP contribution in [0.5, 0.6) is 0 Å². The number of carboxylic acid groups (broad SMARTS) is 1. The highest BCUT2D eigenvalue weighted by Crippen LogP contribution is 2.26. The normalized spacial score (nSPS) is 24.0. The number of azo groups is 1. The molecule has 1 atom stereocenters. The molecule has 0 saturated carbocycles. The second kappa shape index (κ2) is 2.65. The summed E-state index contributed by atoms with van der Waals surface area (Å²) in [5, 5.41) is 15.7. The van der Waals surface area contributed by atoms with Crippen LogP contribution in [0.25, 0.3) is 0 Å². The Morgan fingerprint density at radius 1 is 1.80 bits per heavy atom. The maximum absolute atomic E-state index is 10.4. The summed E-state index contributed by atoms with van der Waals surface area (Å²) in [5.41, 5.74) is 0.702. The topological polar surface area (TPSA) is 62.0 Å². The van der Waals surface area contributed by atoms with Crippen molar-refractivity contribution in [2.24, 2.45) is 10.2 Å². The van der Waals surface area contributed by atoms with Gasteiger partial charge in [-0.1, -0.05) is 0 Å². The van der Waals surface area contributed by atoms with Gasteiger partial charge in [0.05, 0.1) is 9.28 Å². The molecule has 0 aromatic heterocycles. The maximum Gasteiger partial charge on any atom is 0.335 e. The van der Waals surface area contributed by atoms with Gasteiger partial charge >= 0.3 is 5.97 Å². The van der Waals surface area contributed by atoms with E-state index in [-0.39, 0.29) is 0 Å². The quantitative estimate of drug-likeness (QED) is 0.720. The van der Waals surface area contributed by atoms with Crippen molar-refractivity contribution in [2.75, 3.05) is 0 Å². The van der Waals surface area contributed by atoms with E-state index in [2.05, 4.69) is 10.2 Å². The van der Waals surface area contributed by atoms with Crippen LogP contribution in [-0.2, 0) is 4.79 Å². The molecule has 4 nitrogen and oxygen atoms in total. The van der Waals surface area contributed by atoms with Gasteiger partial charge in [-0.05, 0) is 29.5 Å². The van der Waals surface area contributed by atoms with Gasteiger partial charge in [0.25, 0.3) is 0 Å². The number of aliphatic carboxylic acids is 1. The maximum atomic E-state index is 10.4. The van der Waals surface area contributed by atoms with Crippen LogP contribution in [0.3, 0.4) is 0 Å². The zero-order chi connectivity index (χ0) is 7.72. The lowest BCUT2D eigenvalue weighted by Crippen LogP contribution is -2.15. The molecule has 1 aliphatic heterocycles. The summed E-state index contributed by atoms with van der Waals surface area (Å²) in [5.74, 6) is -0.940. The Morgan fingerprint density at radius 3 is 2.60 bits per heavy atom. The number of carboxylic acids is 1. The van der Waals surface area contributed by atoms with Crippen molar-refractivity contribution in [3.05, 3.63) is 9.28 Å². The van der Waals surface area contributed by atoms with Crippen LogP contribution in [0, 0.1) is 0 Å². The van der Waals surface area contributed by atoms with Crippen molar-refractivity contribution < 1.29 is 9.90 Å². The molecule has 5 heteroatoms. The van der Waals surface area contributed by atoms with E-state index in [1.54, 1.807) is 6.92 Å². The Balaban J connectivity index is 2.88. The van der Waals surface area contributed by atoms with Crippen molar-refractivity contribution in [3.8, 4) is 0 Å². The molecular weight excluding hydrogens is 247 g/mol. The largest absolute Gasteiger partial charge is 0.479 e. The van der Waals surface area contributed by atoms with Crippen LogP contribution in [0.2, 0.25) is 0 Å². The SMILES string of the molecule is CC1=C(I)[C@@H](C(=O)O)N=N1.